The van der Waals surface area contributed by atoms with E-state index < -0.39 is 5.82 Å². The van der Waals surface area contributed by atoms with Crippen LogP contribution in [0.25, 0.3) is 0 Å². The maximum Gasteiger partial charge on any atom is 0.162 e. The first-order chi connectivity index (χ1) is 8.56. The Kier molecular flexibility index (Phi) is 3.41. The minimum atomic E-state index is -0.568. The second-order valence-electron chi connectivity index (χ2n) is 3.97. The molecule has 5 heteroatoms. The number of carbonyl (C=O) groups excluding carboxylic acids is 1. The van der Waals surface area contributed by atoms with Gasteiger partial charge in [-0.1, -0.05) is 0 Å². The number of hydrogen-bond donors (Lipinski definition) is 0. The maximum absolute atomic E-state index is 13.5. The molecule has 0 saturated carbocycles. The third kappa shape index (κ3) is 2.74. The summed E-state index contributed by atoms with van der Waals surface area (Å²) in [6, 6.07) is 6.02. The number of rotatable bonds is 4. The van der Waals surface area contributed by atoms with Crippen molar-refractivity contribution >= 4 is 5.78 Å². The molecule has 0 fully saturated rings. The van der Waals surface area contributed by atoms with E-state index in [1.54, 1.807) is 16.9 Å². The Morgan fingerprint density at radius 3 is 2.78 bits per heavy atom. The van der Waals surface area contributed by atoms with Crippen molar-refractivity contribution in [1.82, 2.24) is 9.78 Å². The van der Waals surface area contributed by atoms with E-state index >= 15 is 0 Å². The number of ether oxygens (including phenoxy) is 1. The fourth-order valence-electron chi connectivity index (χ4n) is 1.57. The number of halogens is 1. The molecule has 0 aliphatic carbocycles. The quantitative estimate of drug-likeness (QED) is 0.780. The molecule has 0 aliphatic heterocycles. The predicted octanol–water partition coefficient (Wildman–Crippen LogP) is 2.34. The van der Waals surface area contributed by atoms with E-state index in [2.05, 4.69) is 5.10 Å². The molecule has 0 unspecified atom stereocenters. The first kappa shape index (κ1) is 12.3. The van der Waals surface area contributed by atoms with Gasteiger partial charge in [0.15, 0.2) is 5.78 Å². The van der Waals surface area contributed by atoms with Crippen LogP contribution in [0.3, 0.4) is 0 Å². The molecule has 4 nitrogen and oxygen atoms in total. The van der Waals surface area contributed by atoms with Crippen molar-refractivity contribution in [3.8, 4) is 5.75 Å². The van der Waals surface area contributed by atoms with Gasteiger partial charge in [0.1, 0.15) is 18.2 Å². The van der Waals surface area contributed by atoms with Crippen molar-refractivity contribution in [1.29, 1.82) is 0 Å². The highest BCUT2D eigenvalue weighted by Gasteiger charge is 2.08. The third-order valence-electron chi connectivity index (χ3n) is 2.48. The Balaban J connectivity index is 2.06. The minimum Gasteiger partial charge on any atom is -0.487 e. The van der Waals surface area contributed by atoms with Crippen LogP contribution in [0.1, 0.15) is 23.0 Å². The zero-order valence-corrected chi connectivity index (χ0v) is 10.2. The summed E-state index contributed by atoms with van der Waals surface area (Å²) < 4.78 is 20.6. The van der Waals surface area contributed by atoms with Gasteiger partial charge >= 0.3 is 0 Å². The van der Waals surface area contributed by atoms with Crippen molar-refractivity contribution < 1.29 is 13.9 Å². The molecule has 18 heavy (non-hydrogen) atoms. The molecule has 2 rings (SSSR count). The van der Waals surface area contributed by atoms with Crippen molar-refractivity contribution in [2.45, 2.75) is 13.5 Å². The van der Waals surface area contributed by atoms with Crippen molar-refractivity contribution in [3.63, 3.8) is 0 Å². The predicted molar refractivity (Wildman–Crippen MR) is 63.9 cm³/mol. The summed E-state index contributed by atoms with van der Waals surface area (Å²) in [5.41, 5.74) is 0.828. The van der Waals surface area contributed by atoms with E-state index in [9.17, 15) is 9.18 Å². The Labute approximate surface area is 104 Å². The summed E-state index contributed by atoms with van der Waals surface area (Å²) >= 11 is 0. The van der Waals surface area contributed by atoms with E-state index in [4.69, 9.17) is 4.74 Å². The van der Waals surface area contributed by atoms with Gasteiger partial charge in [-0.25, -0.2) is 4.39 Å². The lowest BCUT2D eigenvalue weighted by atomic mass is 10.1. The van der Waals surface area contributed by atoms with E-state index in [1.165, 1.54) is 19.1 Å². The lowest BCUT2D eigenvalue weighted by Gasteiger charge is -2.05. The first-order valence-electron chi connectivity index (χ1n) is 5.48. The Hall–Kier alpha value is -2.17. The molecular weight excluding hydrogens is 235 g/mol. The standard InChI is InChI=1S/C13H13FN2O2/c1-9(17)12-4-3-11(7-13(12)14)18-8-10-5-6-16(2)15-10/h3-7H,8H2,1-2H3. The molecule has 0 saturated heterocycles. The lowest BCUT2D eigenvalue weighted by Crippen LogP contribution is -2.00. The number of nitrogens with zero attached hydrogens (tertiary/aromatic N) is 2. The van der Waals surface area contributed by atoms with Gasteiger partial charge in [-0.2, -0.15) is 5.10 Å². The summed E-state index contributed by atoms with van der Waals surface area (Å²) in [6.07, 6.45) is 1.80. The lowest BCUT2D eigenvalue weighted by molar-refractivity contribution is 0.101. The zero-order chi connectivity index (χ0) is 13.1. The van der Waals surface area contributed by atoms with Crippen LogP contribution in [-0.4, -0.2) is 15.6 Å². The Morgan fingerprint density at radius 1 is 1.44 bits per heavy atom. The number of aryl methyl sites for hydroxylation is 1. The van der Waals surface area contributed by atoms with Crippen LogP contribution < -0.4 is 4.74 Å². The number of aromatic nitrogens is 2. The van der Waals surface area contributed by atoms with Crippen LogP contribution >= 0.6 is 0 Å². The van der Waals surface area contributed by atoms with Crippen LogP contribution in [0.2, 0.25) is 0 Å². The van der Waals surface area contributed by atoms with Crippen LogP contribution in [0.15, 0.2) is 30.5 Å². The Morgan fingerprint density at radius 2 is 2.22 bits per heavy atom. The normalized spacial score (nSPS) is 10.4. The monoisotopic (exact) mass is 248 g/mol. The van der Waals surface area contributed by atoms with Gasteiger partial charge in [0.25, 0.3) is 0 Å². The summed E-state index contributed by atoms with van der Waals surface area (Å²) in [4.78, 5) is 11.1. The molecule has 0 spiro atoms. The summed E-state index contributed by atoms with van der Waals surface area (Å²) in [6.45, 7) is 1.59. The average Bonchev–Trinajstić information content (AvgIpc) is 2.72. The molecule has 1 heterocycles. The molecule has 0 radical (unpaired) electrons. The van der Waals surface area contributed by atoms with Crippen molar-refractivity contribution in [2.75, 3.05) is 0 Å². The van der Waals surface area contributed by atoms with Crippen molar-refractivity contribution in [3.05, 3.63) is 47.5 Å². The van der Waals surface area contributed by atoms with Crippen LogP contribution in [0.4, 0.5) is 4.39 Å². The molecule has 0 bridgehead atoms. The number of ketones is 1. The topological polar surface area (TPSA) is 44.1 Å². The molecule has 1 aromatic heterocycles. The molecular formula is C13H13FN2O2. The molecule has 2 aromatic rings. The Bertz CT molecular complexity index is 578. The summed E-state index contributed by atoms with van der Waals surface area (Å²) in [5.74, 6) is -0.493. The van der Waals surface area contributed by atoms with Crippen LogP contribution in [0.5, 0.6) is 5.75 Å². The first-order valence-corrected chi connectivity index (χ1v) is 5.48. The summed E-state index contributed by atoms with van der Waals surface area (Å²) in [5, 5.41) is 4.14. The SMILES string of the molecule is CC(=O)c1ccc(OCc2ccn(C)n2)cc1F. The second-order valence-corrected chi connectivity index (χ2v) is 3.97. The molecule has 94 valence electrons. The number of hydrogen-bond acceptors (Lipinski definition) is 3. The average molecular weight is 248 g/mol. The van der Waals surface area contributed by atoms with E-state index in [1.807, 2.05) is 13.1 Å². The number of carbonyl (C=O) groups is 1. The molecule has 0 N–H and O–H groups in total. The van der Waals surface area contributed by atoms with Gasteiger partial charge in [-0.3, -0.25) is 9.48 Å². The highest BCUT2D eigenvalue weighted by Crippen LogP contribution is 2.18. The van der Waals surface area contributed by atoms with Gasteiger partial charge in [-0.05, 0) is 25.1 Å². The number of Topliss-reactive ketones (excluding diaryl/α,β-unsaturated/α-hetero) is 1. The van der Waals surface area contributed by atoms with E-state index in [-0.39, 0.29) is 18.0 Å². The van der Waals surface area contributed by atoms with Gasteiger partial charge in [0.05, 0.1) is 11.3 Å². The van der Waals surface area contributed by atoms with E-state index in [0.29, 0.717) is 5.75 Å². The smallest absolute Gasteiger partial charge is 0.162 e. The van der Waals surface area contributed by atoms with Gasteiger partial charge < -0.3 is 4.74 Å². The molecule has 0 aliphatic rings. The zero-order valence-electron chi connectivity index (χ0n) is 10.2. The fraction of sp³-hybridized carbons (Fsp3) is 0.231. The fourth-order valence-corrected chi connectivity index (χ4v) is 1.57. The van der Waals surface area contributed by atoms with Gasteiger partial charge in [-0.15, -0.1) is 0 Å². The molecule has 0 atom stereocenters. The summed E-state index contributed by atoms with van der Waals surface area (Å²) in [7, 11) is 1.81. The minimum absolute atomic E-state index is 0.0696. The van der Waals surface area contributed by atoms with E-state index in [0.717, 1.165) is 5.69 Å². The highest BCUT2D eigenvalue weighted by molar-refractivity contribution is 5.94. The van der Waals surface area contributed by atoms with Crippen LogP contribution in [0, 0.1) is 5.82 Å². The highest BCUT2D eigenvalue weighted by atomic mass is 19.1. The maximum atomic E-state index is 13.5. The second kappa shape index (κ2) is 5.00. The third-order valence-corrected chi connectivity index (χ3v) is 2.48. The number of benzene rings is 1. The molecule has 0 amide bonds. The van der Waals surface area contributed by atoms with Gasteiger partial charge in [0.2, 0.25) is 0 Å². The largest absolute Gasteiger partial charge is 0.487 e. The van der Waals surface area contributed by atoms with Crippen LogP contribution in [-0.2, 0) is 13.7 Å². The molecule has 1 aromatic carbocycles. The van der Waals surface area contributed by atoms with Gasteiger partial charge in [0, 0.05) is 19.3 Å². The van der Waals surface area contributed by atoms with Crippen molar-refractivity contribution in [2.24, 2.45) is 7.05 Å².